The Bertz CT molecular complexity index is 1130. The predicted molar refractivity (Wildman–Crippen MR) is 105 cm³/mol. The van der Waals surface area contributed by atoms with Crippen LogP contribution >= 0.6 is 11.3 Å². The van der Waals surface area contributed by atoms with Gasteiger partial charge in [0.2, 0.25) is 5.91 Å². The fourth-order valence-corrected chi connectivity index (χ4v) is 3.39. The van der Waals surface area contributed by atoms with Crippen LogP contribution in [0.15, 0.2) is 81.5 Å². The number of nitrogens with one attached hydrogen (secondary N) is 1. The minimum atomic E-state index is -0.0917. The zero-order chi connectivity index (χ0) is 17.9. The average Bonchev–Trinajstić information content (AvgIpc) is 3.17. The van der Waals surface area contributed by atoms with E-state index < -0.39 is 0 Å². The van der Waals surface area contributed by atoms with Gasteiger partial charge in [0, 0.05) is 24.1 Å². The van der Waals surface area contributed by atoms with E-state index >= 15 is 0 Å². The third-order valence-corrected chi connectivity index (χ3v) is 4.74. The highest BCUT2D eigenvalue weighted by Gasteiger charge is 2.06. The molecule has 0 radical (unpaired) electrons. The first kappa shape index (κ1) is 16.3. The molecule has 26 heavy (non-hydrogen) atoms. The minimum absolute atomic E-state index is 0.0917. The van der Waals surface area contributed by atoms with Crippen LogP contribution in [0, 0.1) is 0 Å². The van der Waals surface area contributed by atoms with Gasteiger partial charge in [-0.3, -0.25) is 4.79 Å². The summed E-state index contributed by atoms with van der Waals surface area (Å²) in [7, 11) is 0. The quantitative estimate of drug-likeness (QED) is 0.535. The van der Waals surface area contributed by atoms with E-state index in [4.69, 9.17) is 9.41 Å². The molecule has 0 atom stereocenters. The van der Waals surface area contributed by atoms with Crippen LogP contribution in [0.5, 0.6) is 0 Å². The van der Waals surface area contributed by atoms with Crippen molar-refractivity contribution in [2.24, 2.45) is 4.99 Å². The number of benzene rings is 2. The first-order chi connectivity index (χ1) is 12.7. The zero-order valence-corrected chi connectivity index (χ0v) is 14.9. The number of thiophene rings is 1. The van der Waals surface area contributed by atoms with Crippen molar-refractivity contribution >= 4 is 39.6 Å². The molecule has 128 valence electrons. The van der Waals surface area contributed by atoms with Crippen molar-refractivity contribution in [3.8, 4) is 10.6 Å². The number of fused-ring (bicyclic) bond motifs is 1. The highest BCUT2D eigenvalue weighted by atomic mass is 32.1. The summed E-state index contributed by atoms with van der Waals surface area (Å²) in [5.74, 6) is 0.707. The molecule has 5 heteroatoms. The summed E-state index contributed by atoms with van der Waals surface area (Å²) in [6, 6.07) is 21.3. The van der Waals surface area contributed by atoms with E-state index in [0.29, 0.717) is 0 Å². The number of anilines is 1. The monoisotopic (exact) mass is 360 g/mol. The van der Waals surface area contributed by atoms with Crippen molar-refractivity contribution in [2.75, 3.05) is 5.32 Å². The Hall–Kier alpha value is -3.18. The number of amides is 1. The lowest BCUT2D eigenvalue weighted by molar-refractivity contribution is -0.114. The molecule has 2 aromatic heterocycles. The van der Waals surface area contributed by atoms with Gasteiger partial charge in [-0.25, -0.2) is 4.99 Å². The average molecular weight is 360 g/mol. The lowest BCUT2D eigenvalue weighted by Crippen LogP contribution is -2.05. The molecule has 4 nitrogen and oxygen atoms in total. The molecule has 0 aliphatic rings. The maximum absolute atomic E-state index is 11.1. The molecule has 0 unspecified atom stereocenters. The third kappa shape index (κ3) is 3.43. The molecule has 0 bridgehead atoms. The molecule has 0 aliphatic carbocycles. The molecule has 2 heterocycles. The van der Waals surface area contributed by atoms with E-state index in [0.717, 1.165) is 38.3 Å². The summed E-state index contributed by atoms with van der Waals surface area (Å²) in [6.45, 7) is 1.49. The second-order valence-electron chi connectivity index (χ2n) is 5.81. The van der Waals surface area contributed by atoms with Gasteiger partial charge in [0.15, 0.2) is 0 Å². The van der Waals surface area contributed by atoms with Crippen molar-refractivity contribution in [1.29, 1.82) is 0 Å². The molecule has 0 fully saturated rings. The van der Waals surface area contributed by atoms with Crippen molar-refractivity contribution in [3.05, 3.63) is 77.5 Å². The van der Waals surface area contributed by atoms with Crippen LogP contribution in [0.1, 0.15) is 6.92 Å². The summed E-state index contributed by atoms with van der Waals surface area (Å²) in [5.41, 5.74) is 2.36. The van der Waals surface area contributed by atoms with Gasteiger partial charge >= 0.3 is 0 Å². The molecule has 0 saturated carbocycles. The standard InChI is InChI=1S/C21H16N2O2S/c1-14(24)22-15-8-10-16(11-9-15)23-18-13-20(21-7-4-12-26-21)25-19-6-3-2-5-17(18)19/h2-13H,1H3,(H,22,24). The summed E-state index contributed by atoms with van der Waals surface area (Å²) < 4.78 is 6.05. The normalized spacial score (nSPS) is 11.7. The Morgan fingerprint density at radius 3 is 2.58 bits per heavy atom. The lowest BCUT2D eigenvalue weighted by Gasteiger charge is -2.04. The number of nitrogens with zero attached hydrogens (tertiary/aromatic N) is 1. The van der Waals surface area contributed by atoms with E-state index in [-0.39, 0.29) is 5.91 Å². The molecular formula is C21H16N2O2S. The molecule has 4 aromatic rings. The number of hydrogen-bond acceptors (Lipinski definition) is 4. The Balaban J connectivity index is 1.84. The fourth-order valence-electron chi connectivity index (χ4n) is 2.71. The number of para-hydroxylation sites is 1. The SMILES string of the molecule is CC(=O)Nc1ccc(N=c2cc(-c3cccs3)oc3ccccc23)cc1. The first-order valence-electron chi connectivity index (χ1n) is 8.18. The summed E-state index contributed by atoms with van der Waals surface area (Å²) in [6.07, 6.45) is 0. The number of rotatable bonds is 3. The lowest BCUT2D eigenvalue weighted by atomic mass is 10.2. The van der Waals surface area contributed by atoms with Gasteiger partial charge < -0.3 is 9.73 Å². The second kappa shape index (κ2) is 6.98. The zero-order valence-electron chi connectivity index (χ0n) is 14.1. The smallest absolute Gasteiger partial charge is 0.221 e. The molecule has 2 aromatic carbocycles. The van der Waals surface area contributed by atoms with E-state index in [9.17, 15) is 4.79 Å². The second-order valence-corrected chi connectivity index (χ2v) is 6.76. The van der Waals surface area contributed by atoms with Gasteiger partial charge in [-0.05, 0) is 47.8 Å². The molecule has 0 aliphatic heterocycles. The largest absolute Gasteiger partial charge is 0.455 e. The van der Waals surface area contributed by atoms with Gasteiger partial charge in [0.1, 0.15) is 11.3 Å². The molecule has 4 rings (SSSR count). The number of carbonyl (C=O) groups excluding carboxylic acids is 1. The summed E-state index contributed by atoms with van der Waals surface area (Å²) in [4.78, 5) is 17.0. The van der Waals surface area contributed by atoms with Gasteiger partial charge in [0.05, 0.1) is 15.9 Å². The number of carbonyl (C=O) groups is 1. The van der Waals surface area contributed by atoms with Crippen LogP contribution in [-0.2, 0) is 4.79 Å². The minimum Gasteiger partial charge on any atom is -0.455 e. The van der Waals surface area contributed by atoms with E-state index in [2.05, 4.69) is 5.32 Å². The van der Waals surface area contributed by atoms with Crippen LogP contribution in [0.2, 0.25) is 0 Å². The van der Waals surface area contributed by atoms with Crippen molar-refractivity contribution in [1.82, 2.24) is 0 Å². The Labute approximate surface area is 154 Å². The van der Waals surface area contributed by atoms with Crippen molar-refractivity contribution in [2.45, 2.75) is 6.92 Å². The maximum Gasteiger partial charge on any atom is 0.221 e. The van der Waals surface area contributed by atoms with Crippen LogP contribution in [0.4, 0.5) is 11.4 Å². The molecular weight excluding hydrogens is 344 g/mol. The van der Waals surface area contributed by atoms with Gasteiger partial charge in [0.25, 0.3) is 0 Å². The first-order valence-corrected chi connectivity index (χ1v) is 9.06. The summed E-state index contributed by atoms with van der Waals surface area (Å²) >= 11 is 1.63. The van der Waals surface area contributed by atoms with Gasteiger partial charge in [-0.15, -0.1) is 11.3 Å². The highest BCUT2D eigenvalue weighted by Crippen LogP contribution is 2.26. The van der Waals surface area contributed by atoms with Gasteiger partial charge in [-0.2, -0.15) is 0 Å². The van der Waals surface area contributed by atoms with E-state index in [1.807, 2.05) is 72.1 Å². The Kier molecular flexibility index (Phi) is 4.37. The molecule has 1 N–H and O–H groups in total. The Morgan fingerprint density at radius 2 is 1.85 bits per heavy atom. The van der Waals surface area contributed by atoms with Crippen molar-refractivity contribution < 1.29 is 9.21 Å². The highest BCUT2D eigenvalue weighted by molar-refractivity contribution is 7.13. The summed E-state index contributed by atoms with van der Waals surface area (Å²) in [5, 5.41) is 6.59. The molecule has 1 amide bonds. The van der Waals surface area contributed by atoms with Crippen LogP contribution in [0.3, 0.4) is 0 Å². The van der Waals surface area contributed by atoms with E-state index in [1.54, 1.807) is 11.3 Å². The van der Waals surface area contributed by atoms with Gasteiger partial charge in [-0.1, -0.05) is 18.2 Å². The number of hydrogen-bond donors (Lipinski definition) is 1. The fraction of sp³-hybridized carbons (Fsp3) is 0.0476. The maximum atomic E-state index is 11.1. The predicted octanol–water partition coefficient (Wildman–Crippen LogP) is 5.35. The van der Waals surface area contributed by atoms with Crippen LogP contribution in [0.25, 0.3) is 21.6 Å². The van der Waals surface area contributed by atoms with Crippen LogP contribution < -0.4 is 10.7 Å². The van der Waals surface area contributed by atoms with Crippen molar-refractivity contribution in [3.63, 3.8) is 0 Å². The molecule has 0 spiro atoms. The topological polar surface area (TPSA) is 54.6 Å². The Morgan fingerprint density at radius 1 is 1.04 bits per heavy atom. The third-order valence-electron chi connectivity index (χ3n) is 3.85. The van der Waals surface area contributed by atoms with Crippen LogP contribution in [-0.4, -0.2) is 5.91 Å². The van der Waals surface area contributed by atoms with E-state index in [1.165, 1.54) is 6.92 Å². The molecule has 0 saturated heterocycles.